The molecule has 0 radical (unpaired) electrons. The summed E-state index contributed by atoms with van der Waals surface area (Å²) in [5.41, 5.74) is 14.0. The quantitative estimate of drug-likeness (QED) is 0.541. The molecule has 1 aromatic heterocycles. The van der Waals surface area contributed by atoms with Crippen LogP contribution in [0, 0.1) is 0 Å². The molecule has 3 aromatic rings. The predicted molar refractivity (Wildman–Crippen MR) is 117 cm³/mol. The second-order valence-electron chi connectivity index (χ2n) is 7.62. The van der Waals surface area contributed by atoms with Crippen molar-refractivity contribution in [2.75, 3.05) is 5.73 Å². The summed E-state index contributed by atoms with van der Waals surface area (Å²) in [6, 6.07) is 12.6. The fourth-order valence-corrected chi connectivity index (χ4v) is 6.15. The zero-order chi connectivity index (χ0) is 21.3. The van der Waals surface area contributed by atoms with E-state index < -0.39 is 21.0 Å². The lowest BCUT2D eigenvalue weighted by atomic mass is 9.97. The van der Waals surface area contributed by atoms with Gasteiger partial charge in [0.05, 0.1) is 15.7 Å². The molecule has 7 nitrogen and oxygen atoms in total. The van der Waals surface area contributed by atoms with Gasteiger partial charge in [-0.2, -0.15) is 0 Å². The minimum absolute atomic E-state index is 0.140. The molecule has 0 bridgehead atoms. The zero-order valence-corrected chi connectivity index (χ0v) is 17.3. The van der Waals surface area contributed by atoms with Crippen molar-refractivity contribution in [3.05, 3.63) is 59.7 Å². The highest BCUT2D eigenvalue weighted by atomic mass is 32.2. The van der Waals surface area contributed by atoms with Crippen LogP contribution in [0.4, 0.5) is 5.95 Å². The lowest BCUT2D eigenvalue weighted by Gasteiger charge is -2.22. The summed E-state index contributed by atoms with van der Waals surface area (Å²) in [5, 5.41) is -0.442. The van der Waals surface area contributed by atoms with E-state index >= 15 is 0 Å². The maximum absolute atomic E-state index is 13.5. The second kappa shape index (κ2) is 7.95. The van der Waals surface area contributed by atoms with Gasteiger partial charge in [0.15, 0.2) is 15.8 Å². The highest BCUT2D eigenvalue weighted by molar-refractivity contribution is 7.92. The van der Waals surface area contributed by atoms with E-state index in [2.05, 4.69) is 9.97 Å². The zero-order valence-electron chi connectivity index (χ0n) is 16.5. The van der Waals surface area contributed by atoms with Crippen LogP contribution in [-0.4, -0.2) is 29.5 Å². The Hall–Kier alpha value is -3.13. The first-order valence-electron chi connectivity index (χ1n) is 9.96. The smallest absolute Gasteiger partial charge is 0.242 e. The minimum atomic E-state index is -3.62. The fourth-order valence-electron chi connectivity index (χ4n) is 4.13. The van der Waals surface area contributed by atoms with Gasteiger partial charge in [-0.3, -0.25) is 4.79 Å². The van der Waals surface area contributed by atoms with Crippen molar-refractivity contribution in [3.63, 3.8) is 0 Å². The summed E-state index contributed by atoms with van der Waals surface area (Å²) < 4.78 is 27.1. The molecular weight excluding hydrogens is 400 g/mol. The topological polar surface area (TPSA) is 132 Å². The molecule has 1 saturated carbocycles. The van der Waals surface area contributed by atoms with Gasteiger partial charge < -0.3 is 16.5 Å². The van der Waals surface area contributed by atoms with E-state index in [-0.39, 0.29) is 10.8 Å². The van der Waals surface area contributed by atoms with Crippen molar-refractivity contribution in [2.45, 2.75) is 42.2 Å². The first-order chi connectivity index (χ1) is 14.4. The molecule has 4 rings (SSSR count). The number of hydrogen-bond donors (Lipinski definition) is 3. The van der Waals surface area contributed by atoms with Crippen LogP contribution in [0.1, 0.15) is 43.2 Å². The Morgan fingerprint density at radius 1 is 1.07 bits per heavy atom. The number of benzene rings is 2. The molecule has 0 unspecified atom stereocenters. The third-order valence-corrected chi connectivity index (χ3v) is 7.82. The lowest BCUT2D eigenvalue weighted by Crippen LogP contribution is -2.24. The Kier molecular flexibility index (Phi) is 5.34. The maximum Gasteiger partial charge on any atom is 0.242 e. The van der Waals surface area contributed by atoms with Crippen LogP contribution in [0.2, 0.25) is 0 Å². The monoisotopic (exact) mass is 424 g/mol. The molecule has 5 N–H and O–H groups in total. The molecule has 0 aliphatic heterocycles. The number of amides is 1. The summed E-state index contributed by atoms with van der Waals surface area (Å²) in [7, 11) is -3.62. The molecule has 0 spiro atoms. The molecule has 8 heteroatoms. The predicted octanol–water partition coefficient (Wildman–Crippen LogP) is 3.17. The first kappa shape index (κ1) is 20.2. The van der Waals surface area contributed by atoms with Crippen LogP contribution < -0.4 is 11.5 Å². The fraction of sp³-hybridized carbons (Fsp3) is 0.273. The molecule has 0 saturated heterocycles. The number of nitrogen functional groups attached to an aromatic ring is 1. The Labute approximate surface area is 175 Å². The van der Waals surface area contributed by atoms with Gasteiger partial charge in [0, 0.05) is 6.08 Å². The van der Waals surface area contributed by atoms with Crippen molar-refractivity contribution in [2.24, 2.45) is 5.73 Å². The van der Waals surface area contributed by atoms with E-state index in [9.17, 15) is 13.2 Å². The van der Waals surface area contributed by atoms with Gasteiger partial charge in [-0.05, 0) is 41.7 Å². The Bertz CT molecular complexity index is 1220. The molecule has 30 heavy (non-hydrogen) atoms. The number of imidazole rings is 1. The number of H-pyrrole nitrogens is 1. The van der Waals surface area contributed by atoms with E-state index in [0.29, 0.717) is 35.0 Å². The van der Waals surface area contributed by atoms with Crippen LogP contribution in [-0.2, 0) is 14.6 Å². The summed E-state index contributed by atoms with van der Waals surface area (Å²) in [6.45, 7) is 0. The number of anilines is 1. The number of nitrogens with one attached hydrogen (secondary N) is 1. The number of aromatic nitrogens is 2. The highest BCUT2D eigenvalue weighted by Gasteiger charge is 2.32. The van der Waals surface area contributed by atoms with Gasteiger partial charge in [0.25, 0.3) is 0 Å². The lowest BCUT2D eigenvalue weighted by molar-refractivity contribution is -0.113. The molecule has 1 heterocycles. The normalized spacial score (nSPS) is 16.1. The highest BCUT2D eigenvalue weighted by Crippen LogP contribution is 2.35. The van der Waals surface area contributed by atoms with E-state index in [0.717, 1.165) is 24.8 Å². The number of fused-ring (bicyclic) bond motifs is 1. The van der Waals surface area contributed by atoms with Crippen molar-refractivity contribution in [3.8, 4) is 0 Å². The van der Waals surface area contributed by atoms with Gasteiger partial charge in [-0.25, -0.2) is 13.4 Å². The SMILES string of the molecule is NC(=O)C=C(c1ccccc1)c1cc(S(=O)(=O)C2CCCCC2)c2nc(N)[nH]c2c1. The summed E-state index contributed by atoms with van der Waals surface area (Å²) in [4.78, 5) is 19.1. The first-order valence-corrected chi connectivity index (χ1v) is 11.5. The van der Waals surface area contributed by atoms with E-state index in [1.807, 2.05) is 30.3 Å². The Morgan fingerprint density at radius 3 is 2.43 bits per heavy atom. The number of rotatable bonds is 5. The largest absolute Gasteiger partial charge is 0.369 e. The van der Waals surface area contributed by atoms with Gasteiger partial charge in [0.2, 0.25) is 5.91 Å². The average Bonchev–Trinajstić information content (AvgIpc) is 3.12. The molecule has 1 fully saturated rings. The number of nitrogens with zero attached hydrogens (tertiary/aromatic N) is 1. The van der Waals surface area contributed by atoms with Gasteiger partial charge in [-0.15, -0.1) is 0 Å². The van der Waals surface area contributed by atoms with Gasteiger partial charge in [-0.1, -0.05) is 49.6 Å². The number of aromatic amines is 1. The van der Waals surface area contributed by atoms with E-state index in [1.54, 1.807) is 12.1 Å². The van der Waals surface area contributed by atoms with Gasteiger partial charge in [0.1, 0.15) is 5.52 Å². The summed E-state index contributed by atoms with van der Waals surface area (Å²) >= 11 is 0. The van der Waals surface area contributed by atoms with Crippen molar-refractivity contribution >= 4 is 38.3 Å². The van der Waals surface area contributed by atoms with E-state index in [1.165, 1.54) is 6.08 Å². The molecule has 1 aliphatic rings. The third-order valence-electron chi connectivity index (χ3n) is 5.55. The van der Waals surface area contributed by atoms with Crippen LogP contribution >= 0.6 is 0 Å². The van der Waals surface area contributed by atoms with Crippen LogP contribution in [0.5, 0.6) is 0 Å². The van der Waals surface area contributed by atoms with E-state index in [4.69, 9.17) is 11.5 Å². The minimum Gasteiger partial charge on any atom is -0.369 e. The van der Waals surface area contributed by atoms with Crippen LogP contribution in [0.3, 0.4) is 0 Å². The number of nitrogens with two attached hydrogens (primary N) is 2. The molecular formula is C22H24N4O3S. The molecule has 1 aliphatic carbocycles. The number of carbonyl (C=O) groups excluding carboxylic acids is 1. The molecule has 156 valence electrons. The number of carbonyl (C=O) groups is 1. The second-order valence-corrected chi connectivity index (χ2v) is 9.82. The number of sulfone groups is 1. The Morgan fingerprint density at radius 2 is 1.77 bits per heavy atom. The van der Waals surface area contributed by atoms with Crippen molar-refractivity contribution in [1.82, 2.24) is 9.97 Å². The van der Waals surface area contributed by atoms with Crippen LogP contribution in [0.15, 0.2) is 53.4 Å². The Balaban J connectivity index is 1.95. The summed E-state index contributed by atoms with van der Waals surface area (Å²) in [5.74, 6) is -0.475. The molecule has 0 atom stereocenters. The average molecular weight is 425 g/mol. The third kappa shape index (κ3) is 3.82. The van der Waals surface area contributed by atoms with Crippen molar-refractivity contribution in [1.29, 1.82) is 0 Å². The number of hydrogen-bond acceptors (Lipinski definition) is 5. The number of primary amides is 1. The summed E-state index contributed by atoms with van der Waals surface area (Å²) in [6.07, 6.45) is 5.43. The van der Waals surface area contributed by atoms with Crippen LogP contribution in [0.25, 0.3) is 16.6 Å². The van der Waals surface area contributed by atoms with Crippen molar-refractivity contribution < 1.29 is 13.2 Å². The van der Waals surface area contributed by atoms with Gasteiger partial charge >= 0.3 is 0 Å². The maximum atomic E-state index is 13.5. The molecule has 2 aromatic carbocycles. The molecule has 1 amide bonds. The standard InChI is InChI=1S/C22H24N4O3S/c23-20(27)13-17(14-7-3-1-4-8-14)15-11-18-21(26-22(24)25-18)19(12-15)30(28,29)16-9-5-2-6-10-16/h1,3-4,7-8,11-13,16H,2,5-6,9-10H2,(H2,23,27)(H3,24,25,26).